The van der Waals surface area contributed by atoms with E-state index < -0.39 is 6.09 Å². The minimum Gasteiger partial charge on any atom is -0.496 e. The van der Waals surface area contributed by atoms with E-state index >= 15 is 0 Å². The van der Waals surface area contributed by atoms with Crippen molar-refractivity contribution in [2.75, 3.05) is 7.11 Å². The van der Waals surface area contributed by atoms with Gasteiger partial charge in [0.05, 0.1) is 28.3 Å². The van der Waals surface area contributed by atoms with Crippen molar-refractivity contribution in [3.05, 3.63) is 21.6 Å². The van der Waals surface area contributed by atoms with Gasteiger partial charge in [-0.1, -0.05) is 0 Å². The number of nitrogens with one attached hydrogen (secondary N) is 1. The van der Waals surface area contributed by atoms with Gasteiger partial charge in [-0.25, -0.2) is 9.78 Å². The summed E-state index contributed by atoms with van der Waals surface area (Å²) >= 11 is 4.82. The number of methoxy groups -OCH3 is 1. The molecule has 0 aliphatic rings. The quantitative estimate of drug-likeness (QED) is 0.913. The van der Waals surface area contributed by atoms with Crippen LogP contribution in [0, 0.1) is 0 Å². The van der Waals surface area contributed by atoms with E-state index in [-0.39, 0.29) is 6.54 Å². The molecule has 5 nitrogen and oxygen atoms in total. The number of hydrogen-bond donors (Lipinski definition) is 2. The van der Waals surface area contributed by atoms with Crippen LogP contribution in [0.2, 0.25) is 0 Å². The number of halogens is 1. The molecule has 1 heterocycles. The summed E-state index contributed by atoms with van der Waals surface area (Å²) in [5.74, 6) is 0.735. The van der Waals surface area contributed by atoms with Crippen molar-refractivity contribution in [1.82, 2.24) is 10.3 Å². The first kappa shape index (κ1) is 12.1. The highest BCUT2D eigenvalue weighted by atomic mass is 79.9. The summed E-state index contributed by atoms with van der Waals surface area (Å²) in [4.78, 5) is 14.7. The van der Waals surface area contributed by atoms with Gasteiger partial charge in [-0.15, -0.1) is 11.3 Å². The van der Waals surface area contributed by atoms with E-state index in [1.165, 1.54) is 11.3 Å². The Balaban J connectivity index is 2.33. The van der Waals surface area contributed by atoms with Gasteiger partial charge >= 0.3 is 6.09 Å². The third-order valence-electron chi connectivity index (χ3n) is 2.10. The lowest BCUT2D eigenvalue weighted by Gasteiger charge is -2.01. The molecule has 0 atom stereocenters. The standard InChI is InChI=1S/C10H9BrN2O3S/c1-16-7-3-8-6(2-5(7)11)13-9(17-8)4-12-10(14)15/h2-3,12H,4H2,1H3,(H,14,15). The van der Waals surface area contributed by atoms with Crippen LogP contribution in [-0.4, -0.2) is 23.3 Å². The summed E-state index contributed by atoms with van der Waals surface area (Å²) in [5, 5.41) is 11.5. The molecular weight excluding hydrogens is 308 g/mol. The van der Waals surface area contributed by atoms with E-state index in [2.05, 4.69) is 26.2 Å². The topological polar surface area (TPSA) is 71.5 Å². The second-order valence-electron chi connectivity index (χ2n) is 3.22. The fraction of sp³-hybridized carbons (Fsp3) is 0.200. The highest BCUT2D eigenvalue weighted by Crippen LogP contribution is 2.32. The molecule has 1 aromatic heterocycles. The van der Waals surface area contributed by atoms with Crippen LogP contribution in [0.25, 0.3) is 10.2 Å². The molecule has 0 spiro atoms. The predicted molar refractivity (Wildman–Crippen MR) is 68.7 cm³/mol. The fourth-order valence-corrected chi connectivity index (χ4v) is 2.77. The first-order valence-corrected chi connectivity index (χ1v) is 6.31. The number of ether oxygens (including phenoxy) is 1. The number of rotatable bonds is 3. The molecule has 0 bridgehead atoms. The lowest BCUT2D eigenvalue weighted by atomic mass is 10.3. The Morgan fingerprint density at radius 2 is 2.41 bits per heavy atom. The van der Waals surface area contributed by atoms with Gasteiger partial charge in [-0.05, 0) is 22.0 Å². The van der Waals surface area contributed by atoms with Gasteiger partial charge in [0, 0.05) is 6.07 Å². The number of benzene rings is 1. The van der Waals surface area contributed by atoms with Crippen molar-refractivity contribution in [3.8, 4) is 5.75 Å². The summed E-state index contributed by atoms with van der Waals surface area (Å²) < 4.78 is 6.98. The zero-order valence-electron chi connectivity index (χ0n) is 8.86. The summed E-state index contributed by atoms with van der Waals surface area (Å²) in [6, 6.07) is 3.73. The van der Waals surface area contributed by atoms with Crippen LogP contribution in [-0.2, 0) is 6.54 Å². The second kappa shape index (κ2) is 4.89. The molecule has 0 unspecified atom stereocenters. The maximum Gasteiger partial charge on any atom is 0.405 e. The number of nitrogens with zero attached hydrogens (tertiary/aromatic N) is 1. The van der Waals surface area contributed by atoms with Crippen LogP contribution in [0.1, 0.15) is 5.01 Å². The molecular formula is C10H9BrN2O3S. The summed E-state index contributed by atoms with van der Waals surface area (Å²) in [6.45, 7) is 0.217. The number of aromatic nitrogens is 1. The number of carboxylic acid groups (broad SMARTS) is 1. The zero-order chi connectivity index (χ0) is 12.4. The van der Waals surface area contributed by atoms with Crippen LogP contribution in [0.5, 0.6) is 5.75 Å². The van der Waals surface area contributed by atoms with Crippen molar-refractivity contribution in [1.29, 1.82) is 0 Å². The number of carbonyl (C=O) groups is 1. The first-order valence-electron chi connectivity index (χ1n) is 4.70. The van der Waals surface area contributed by atoms with Crippen molar-refractivity contribution < 1.29 is 14.6 Å². The summed E-state index contributed by atoms with van der Waals surface area (Å²) in [6.07, 6.45) is -1.05. The SMILES string of the molecule is COc1cc2sc(CNC(=O)O)nc2cc1Br. The lowest BCUT2D eigenvalue weighted by Crippen LogP contribution is -2.19. The molecule has 17 heavy (non-hydrogen) atoms. The van der Waals surface area contributed by atoms with Gasteiger partial charge in [0.2, 0.25) is 0 Å². The van der Waals surface area contributed by atoms with Crippen LogP contribution in [0.3, 0.4) is 0 Å². The van der Waals surface area contributed by atoms with Crippen molar-refractivity contribution >= 4 is 43.6 Å². The van der Waals surface area contributed by atoms with Gasteiger partial charge in [0.25, 0.3) is 0 Å². The molecule has 90 valence electrons. The maximum absolute atomic E-state index is 10.4. The molecule has 0 fully saturated rings. The minimum atomic E-state index is -1.05. The van der Waals surface area contributed by atoms with Gasteiger partial charge < -0.3 is 15.2 Å². The lowest BCUT2D eigenvalue weighted by molar-refractivity contribution is 0.194. The van der Waals surface area contributed by atoms with E-state index in [0.717, 1.165) is 25.4 Å². The Hall–Kier alpha value is -1.34. The van der Waals surface area contributed by atoms with Gasteiger partial charge in [0.1, 0.15) is 10.8 Å². The maximum atomic E-state index is 10.4. The Labute approximate surface area is 110 Å². The Kier molecular flexibility index (Phi) is 3.49. The normalized spacial score (nSPS) is 10.5. The first-order chi connectivity index (χ1) is 8.10. The molecule has 0 aliphatic heterocycles. The Morgan fingerprint density at radius 1 is 1.65 bits per heavy atom. The van der Waals surface area contributed by atoms with Crippen LogP contribution in [0.4, 0.5) is 4.79 Å². The highest BCUT2D eigenvalue weighted by molar-refractivity contribution is 9.10. The fourth-order valence-electron chi connectivity index (χ4n) is 1.36. The third-order valence-corrected chi connectivity index (χ3v) is 3.74. The van der Waals surface area contributed by atoms with Gasteiger partial charge in [-0.2, -0.15) is 0 Å². The smallest absolute Gasteiger partial charge is 0.405 e. The van der Waals surface area contributed by atoms with Crippen LogP contribution in [0.15, 0.2) is 16.6 Å². The van der Waals surface area contributed by atoms with E-state index in [1.54, 1.807) is 7.11 Å². The largest absolute Gasteiger partial charge is 0.496 e. The summed E-state index contributed by atoms with van der Waals surface area (Å²) in [7, 11) is 1.60. The monoisotopic (exact) mass is 316 g/mol. The van der Waals surface area contributed by atoms with E-state index in [0.29, 0.717) is 0 Å². The van der Waals surface area contributed by atoms with Gasteiger partial charge in [-0.3, -0.25) is 0 Å². The highest BCUT2D eigenvalue weighted by Gasteiger charge is 2.09. The number of hydrogen-bond acceptors (Lipinski definition) is 4. The van der Waals surface area contributed by atoms with Crippen LogP contribution >= 0.6 is 27.3 Å². The molecule has 1 aromatic carbocycles. The molecule has 2 rings (SSSR count). The molecule has 1 amide bonds. The molecule has 2 N–H and O–H groups in total. The number of fused-ring (bicyclic) bond motifs is 1. The molecule has 2 aromatic rings. The van der Waals surface area contributed by atoms with Crippen molar-refractivity contribution in [2.45, 2.75) is 6.54 Å². The third kappa shape index (κ3) is 2.67. The molecule has 7 heteroatoms. The second-order valence-corrected chi connectivity index (χ2v) is 5.19. The van der Waals surface area contributed by atoms with Gasteiger partial charge in [0.15, 0.2) is 0 Å². The molecule has 0 saturated carbocycles. The van der Waals surface area contributed by atoms with E-state index in [1.807, 2.05) is 12.1 Å². The molecule has 0 aliphatic carbocycles. The van der Waals surface area contributed by atoms with Crippen molar-refractivity contribution in [2.24, 2.45) is 0 Å². The number of amides is 1. The average Bonchev–Trinajstić information content (AvgIpc) is 2.67. The van der Waals surface area contributed by atoms with E-state index in [9.17, 15) is 4.79 Å². The molecule has 0 saturated heterocycles. The molecule has 0 radical (unpaired) electrons. The number of thiazole rings is 1. The minimum absolute atomic E-state index is 0.217. The van der Waals surface area contributed by atoms with E-state index in [4.69, 9.17) is 9.84 Å². The van der Waals surface area contributed by atoms with Crippen molar-refractivity contribution in [3.63, 3.8) is 0 Å². The predicted octanol–water partition coefficient (Wildman–Crippen LogP) is 2.83. The zero-order valence-corrected chi connectivity index (χ0v) is 11.3. The van der Waals surface area contributed by atoms with Crippen LogP contribution < -0.4 is 10.1 Å². The summed E-state index contributed by atoms with van der Waals surface area (Å²) in [5.41, 5.74) is 0.824. The average molecular weight is 317 g/mol. The Bertz CT molecular complexity index is 570. The Morgan fingerprint density at radius 3 is 3.06 bits per heavy atom.